The molecule has 2 N–H and O–H groups in total. The molecule has 0 bridgehead atoms. The monoisotopic (exact) mass is 247 g/mol. The number of hydrogen-bond acceptors (Lipinski definition) is 2. The van der Waals surface area contributed by atoms with Gasteiger partial charge in [-0.05, 0) is 35.4 Å². The van der Waals surface area contributed by atoms with Gasteiger partial charge in [-0.2, -0.15) is 0 Å². The molecule has 0 unspecified atom stereocenters. The van der Waals surface area contributed by atoms with E-state index in [1.807, 2.05) is 0 Å². The fourth-order valence-corrected chi connectivity index (χ4v) is 2.42. The molecule has 0 spiro atoms. The number of ether oxygens (including phenoxy) is 1. The lowest BCUT2D eigenvalue weighted by Gasteiger charge is -2.41. The standard InChI is InChI=1S/C16H25NO/c1-12-5-6-14(15(2,3)4)7-13(12)8-16(9-17)10-18-11-16/h5-7H,8-11,17H2,1-4H3. The predicted octanol–water partition coefficient (Wildman–Crippen LogP) is 2.81. The Morgan fingerprint density at radius 2 is 1.94 bits per heavy atom. The molecular weight excluding hydrogens is 222 g/mol. The van der Waals surface area contributed by atoms with Crippen LogP contribution in [0.3, 0.4) is 0 Å². The first-order valence-corrected chi connectivity index (χ1v) is 6.74. The van der Waals surface area contributed by atoms with Crippen molar-refractivity contribution in [2.45, 2.75) is 39.5 Å². The largest absolute Gasteiger partial charge is 0.380 e. The lowest BCUT2D eigenvalue weighted by molar-refractivity contribution is -0.106. The van der Waals surface area contributed by atoms with Gasteiger partial charge in [0, 0.05) is 12.0 Å². The molecule has 1 aromatic carbocycles. The zero-order valence-electron chi connectivity index (χ0n) is 12.0. The van der Waals surface area contributed by atoms with Crippen LogP contribution in [0.5, 0.6) is 0 Å². The third-order valence-electron chi connectivity index (χ3n) is 4.03. The van der Waals surface area contributed by atoms with Gasteiger partial charge in [0.25, 0.3) is 0 Å². The summed E-state index contributed by atoms with van der Waals surface area (Å²) >= 11 is 0. The Morgan fingerprint density at radius 3 is 2.39 bits per heavy atom. The summed E-state index contributed by atoms with van der Waals surface area (Å²) < 4.78 is 5.36. The highest BCUT2D eigenvalue weighted by atomic mass is 16.5. The van der Waals surface area contributed by atoms with E-state index in [1.165, 1.54) is 16.7 Å². The number of nitrogens with two attached hydrogens (primary N) is 1. The molecule has 100 valence electrons. The summed E-state index contributed by atoms with van der Waals surface area (Å²) in [4.78, 5) is 0. The smallest absolute Gasteiger partial charge is 0.0560 e. The lowest BCUT2D eigenvalue weighted by atomic mass is 9.77. The summed E-state index contributed by atoms with van der Waals surface area (Å²) in [5.74, 6) is 0. The topological polar surface area (TPSA) is 35.2 Å². The molecule has 0 atom stereocenters. The van der Waals surface area contributed by atoms with Crippen molar-refractivity contribution in [1.29, 1.82) is 0 Å². The van der Waals surface area contributed by atoms with Crippen LogP contribution in [-0.4, -0.2) is 19.8 Å². The minimum absolute atomic E-state index is 0.182. The molecule has 0 radical (unpaired) electrons. The molecule has 2 nitrogen and oxygen atoms in total. The first kappa shape index (κ1) is 13.6. The Bertz CT molecular complexity index is 422. The lowest BCUT2D eigenvalue weighted by Crippen LogP contribution is -2.49. The van der Waals surface area contributed by atoms with Crippen LogP contribution in [0.2, 0.25) is 0 Å². The van der Waals surface area contributed by atoms with Gasteiger partial charge in [-0.3, -0.25) is 0 Å². The summed E-state index contributed by atoms with van der Waals surface area (Å²) in [7, 11) is 0. The Morgan fingerprint density at radius 1 is 1.28 bits per heavy atom. The van der Waals surface area contributed by atoms with E-state index >= 15 is 0 Å². The van der Waals surface area contributed by atoms with Crippen LogP contribution in [-0.2, 0) is 16.6 Å². The molecule has 1 fully saturated rings. The van der Waals surface area contributed by atoms with Gasteiger partial charge >= 0.3 is 0 Å². The van der Waals surface area contributed by atoms with Gasteiger partial charge in [-0.25, -0.2) is 0 Å². The van der Waals surface area contributed by atoms with E-state index in [0.29, 0.717) is 6.54 Å². The van der Waals surface area contributed by atoms with Gasteiger partial charge in [0.05, 0.1) is 13.2 Å². The van der Waals surface area contributed by atoms with E-state index in [2.05, 4.69) is 45.9 Å². The van der Waals surface area contributed by atoms with Crippen LogP contribution in [0.15, 0.2) is 18.2 Å². The summed E-state index contributed by atoms with van der Waals surface area (Å²) in [6.45, 7) is 11.3. The summed E-state index contributed by atoms with van der Waals surface area (Å²) in [5.41, 5.74) is 10.5. The van der Waals surface area contributed by atoms with Crippen molar-refractivity contribution in [2.24, 2.45) is 11.1 Å². The van der Waals surface area contributed by atoms with Crippen molar-refractivity contribution >= 4 is 0 Å². The summed E-state index contributed by atoms with van der Waals surface area (Å²) in [6, 6.07) is 6.83. The van der Waals surface area contributed by atoms with Gasteiger partial charge in [-0.1, -0.05) is 39.0 Å². The molecule has 1 aromatic rings. The van der Waals surface area contributed by atoms with Crippen molar-refractivity contribution in [3.63, 3.8) is 0 Å². The van der Waals surface area contributed by atoms with Crippen LogP contribution in [0.1, 0.15) is 37.5 Å². The molecule has 0 saturated carbocycles. The maximum Gasteiger partial charge on any atom is 0.0560 e. The molecule has 0 aliphatic carbocycles. The summed E-state index contributed by atoms with van der Waals surface area (Å²) in [6.07, 6.45) is 1.04. The van der Waals surface area contributed by atoms with Gasteiger partial charge in [0.2, 0.25) is 0 Å². The van der Waals surface area contributed by atoms with E-state index in [4.69, 9.17) is 10.5 Å². The van der Waals surface area contributed by atoms with Crippen molar-refractivity contribution in [1.82, 2.24) is 0 Å². The predicted molar refractivity (Wildman–Crippen MR) is 75.9 cm³/mol. The third kappa shape index (κ3) is 2.60. The second-order valence-electron chi connectivity index (χ2n) is 6.76. The van der Waals surface area contributed by atoms with Crippen molar-refractivity contribution in [3.8, 4) is 0 Å². The summed E-state index contributed by atoms with van der Waals surface area (Å²) in [5, 5.41) is 0. The molecule has 1 aliphatic rings. The Kier molecular flexibility index (Phi) is 3.52. The fourth-order valence-electron chi connectivity index (χ4n) is 2.42. The average molecular weight is 247 g/mol. The van der Waals surface area contributed by atoms with Crippen molar-refractivity contribution in [2.75, 3.05) is 19.8 Å². The highest BCUT2D eigenvalue weighted by molar-refractivity contribution is 5.35. The Hall–Kier alpha value is -0.860. The van der Waals surface area contributed by atoms with E-state index in [-0.39, 0.29) is 10.8 Å². The van der Waals surface area contributed by atoms with Gasteiger partial charge < -0.3 is 10.5 Å². The van der Waals surface area contributed by atoms with Crippen LogP contribution in [0.25, 0.3) is 0 Å². The average Bonchev–Trinajstić information content (AvgIpc) is 2.24. The van der Waals surface area contributed by atoms with Crippen LogP contribution in [0, 0.1) is 12.3 Å². The Balaban J connectivity index is 2.27. The number of hydrogen-bond donors (Lipinski definition) is 1. The molecule has 1 aliphatic heterocycles. The molecule has 0 aromatic heterocycles. The first-order chi connectivity index (χ1) is 8.36. The zero-order valence-corrected chi connectivity index (χ0v) is 12.0. The highest BCUT2D eigenvalue weighted by Crippen LogP contribution is 2.33. The Labute approximate surface area is 111 Å². The zero-order chi connectivity index (χ0) is 13.4. The second kappa shape index (κ2) is 4.67. The molecule has 0 amide bonds. The van der Waals surface area contributed by atoms with E-state index in [1.54, 1.807) is 0 Å². The van der Waals surface area contributed by atoms with E-state index in [0.717, 1.165) is 19.6 Å². The normalized spacial score (nSPS) is 18.5. The SMILES string of the molecule is Cc1ccc(C(C)(C)C)cc1CC1(CN)COC1. The first-order valence-electron chi connectivity index (χ1n) is 6.74. The number of benzene rings is 1. The van der Waals surface area contributed by atoms with Crippen molar-refractivity contribution < 1.29 is 4.74 Å². The minimum atomic E-state index is 0.182. The van der Waals surface area contributed by atoms with Crippen LogP contribution < -0.4 is 5.73 Å². The molecule has 1 heterocycles. The molecule has 2 rings (SSSR count). The maximum atomic E-state index is 5.91. The quantitative estimate of drug-likeness (QED) is 0.891. The molecule has 18 heavy (non-hydrogen) atoms. The molecule has 1 saturated heterocycles. The third-order valence-corrected chi connectivity index (χ3v) is 4.03. The molecule has 2 heteroatoms. The van der Waals surface area contributed by atoms with Gasteiger partial charge in [0.1, 0.15) is 0 Å². The number of rotatable bonds is 3. The fraction of sp³-hybridized carbons (Fsp3) is 0.625. The van der Waals surface area contributed by atoms with E-state index < -0.39 is 0 Å². The maximum absolute atomic E-state index is 5.91. The van der Waals surface area contributed by atoms with Crippen LogP contribution in [0.4, 0.5) is 0 Å². The van der Waals surface area contributed by atoms with Crippen LogP contribution >= 0.6 is 0 Å². The van der Waals surface area contributed by atoms with Crippen molar-refractivity contribution in [3.05, 3.63) is 34.9 Å². The minimum Gasteiger partial charge on any atom is -0.380 e. The second-order valence-corrected chi connectivity index (χ2v) is 6.76. The van der Waals surface area contributed by atoms with Gasteiger partial charge in [-0.15, -0.1) is 0 Å². The highest BCUT2D eigenvalue weighted by Gasteiger charge is 2.37. The van der Waals surface area contributed by atoms with Gasteiger partial charge in [0.15, 0.2) is 0 Å². The number of aryl methyl sites for hydroxylation is 1. The molecular formula is C16H25NO. The van der Waals surface area contributed by atoms with E-state index in [9.17, 15) is 0 Å².